The molecular formula is C34H27BO3S. The molecule has 8 rings (SSSR count). The second-order valence-corrected chi connectivity index (χ2v) is 12.7. The summed E-state index contributed by atoms with van der Waals surface area (Å²) in [4.78, 5) is 0. The zero-order valence-electron chi connectivity index (χ0n) is 22.4. The molecule has 1 fully saturated rings. The third kappa shape index (κ3) is 3.44. The van der Waals surface area contributed by atoms with E-state index in [1.807, 2.05) is 23.5 Å². The van der Waals surface area contributed by atoms with Crippen LogP contribution in [0.5, 0.6) is 0 Å². The highest BCUT2D eigenvalue weighted by Crippen LogP contribution is 2.40. The van der Waals surface area contributed by atoms with Crippen molar-refractivity contribution in [1.29, 1.82) is 0 Å². The van der Waals surface area contributed by atoms with Crippen molar-refractivity contribution in [3.8, 4) is 11.1 Å². The van der Waals surface area contributed by atoms with Gasteiger partial charge in [0.05, 0.1) is 11.2 Å². The molecule has 0 saturated carbocycles. The van der Waals surface area contributed by atoms with Gasteiger partial charge in [0.25, 0.3) is 0 Å². The fraction of sp³-hybridized carbons (Fsp3) is 0.176. The van der Waals surface area contributed by atoms with E-state index < -0.39 is 0 Å². The molecule has 3 heterocycles. The van der Waals surface area contributed by atoms with Crippen LogP contribution in [0.15, 0.2) is 95.4 Å². The molecule has 0 radical (unpaired) electrons. The molecule has 5 heteroatoms. The van der Waals surface area contributed by atoms with E-state index in [2.05, 4.69) is 107 Å². The molecule has 0 atom stereocenters. The molecule has 5 aromatic carbocycles. The molecule has 0 amide bonds. The minimum atomic E-state index is -0.371. The Balaban J connectivity index is 1.26. The summed E-state index contributed by atoms with van der Waals surface area (Å²) in [6.07, 6.45) is 0. The van der Waals surface area contributed by atoms with Gasteiger partial charge in [0.15, 0.2) is 0 Å². The summed E-state index contributed by atoms with van der Waals surface area (Å²) in [7, 11) is -0.371. The Bertz CT molecular complexity index is 2080. The largest absolute Gasteiger partial charge is 0.494 e. The second-order valence-electron chi connectivity index (χ2n) is 11.6. The average molecular weight is 526 g/mol. The Labute approximate surface area is 231 Å². The number of para-hydroxylation sites is 1. The van der Waals surface area contributed by atoms with Crippen LogP contribution >= 0.6 is 11.3 Å². The normalized spacial score (nSPS) is 16.9. The predicted molar refractivity (Wildman–Crippen MR) is 165 cm³/mol. The number of hydrogen-bond acceptors (Lipinski definition) is 4. The van der Waals surface area contributed by atoms with E-state index in [0.717, 1.165) is 32.8 Å². The van der Waals surface area contributed by atoms with Crippen molar-refractivity contribution < 1.29 is 13.7 Å². The van der Waals surface area contributed by atoms with E-state index in [-0.39, 0.29) is 18.3 Å². The lowest BCUT2D eigenvalue weighted by atomic mass is 9.78. The zero-order chi connectivity index (χ0) is 26.5. The Morgan fingerprint density at radius 1 is 0.590 bits per heavy atom. The molecule has 190 valence electrons. The third-order valence-electron chi connectivity index (χ3n) is 8.71. The zero-order valence-corrected chi connectivity index (χ0v) is 23.2. The highest BCUT2D eigenvalue weighted by atomic mass is 32.1. The van der Waals surface area contributed by atoms with E-state index in [1.165, 1.54) is 36.7 Å². The molecule has 0 bridgehead atoms. The predicted octanol–water partition coefficient (Wildman–Crippen LogP) is 9.07. The Morgan fingerprint density at radius 3 is 2.03 bits per heavy atom. The van der Waals surface area contributed by atoms with Gasteiger partial charge in [-0.15, -0.1) is 11.3 Å². The summed E-state index contributed by atoms with van der Waals surface area (Å²) in [5.41, 5.74) is 4.58. The average Bonchev–Trinajstić information content (AvgIpc) is 3.56. The van der Waals surface area contributed by atoms with Crippen molar-refractivity contribution in [3.05, 3.63) is 91.0 Å². The standard InChI is InChI=1S/C34H27BO3S/c1-33(2)34(3,4)38-35(37-33)23-13-16-31-28(19-23)27-18-22(12-15-30(27)39-31)21-10-9-20-11-14-25-24-7-5-6-8-29(24)36-32(25)26(20)17-21/h5-19H,1-4H3. The van der Waals surface area contributed by atoms with E-state index in [4.69, 9.17) is 13.7 Å². The monoisotopic (exact) mass is 526 g/mol. The molecule has 2 aromatic heterocycles. The first-order valence-electron chi connectivity index (χ1n) is 13.4. The summed E-state index contributed by atoms with van der Waals surface area (Å²) in [5, 5.41) is 7.13. The molecular weight excluding hydrogens is 499 g/mol. The van der Waals surface area contributed by atoms with Gasteiger partial charge in [0.2, 0.25) is 0 Å². The smallest absolute Gasteiger partial charge is 0.455 e. The van der Waals surface area contributed by atoms with Gasteiger partial charge < -0.3 is 13.7 Å². The van der Waals surface area contributed by atoms with Crippen molar-refractivity contribution in [2.75, 3.05) is 0 Å². The first kappa shape index (κ1) is 23.3. The van der Waals surface area contributed by atoms with Gasteiger partial charge in [0, 0.05) is 30.9 Å². The molecule has 39 heavy (non-hydrogen) atoms. The topological polar surface area (TPSA) is 31.6 Å². The molecule has 0 unspecified atom stereocenters. The Kier molecular flexibility index (Phi) is 4.74. The van der Waals surface area contributed by atoms with E-state index >= 15 is 0 Å². The fourth-order valence-corrected chi connectivity index (χ4v) is 6.85. The van der Waals surface area contributed by atoms with Gasteiger partial charge in [-0.1, -0.05) is 54.6 Å². The molecule has 1 aliphatic heterocycles. The molecule has 1 saturated heterocycles. The van der Waals surface area contributed by atoms with Crippen molar-refractivity contribution >= 4 is 76.8 Å². The van der Waals surface area contributed by atoms with E-state index in [9.17, 15) is 0 Å². The second kappa shape index (κ2) is 7.95. The van der Waals surface area contributed by atoms with Crippen LogP contribution in [0.2, 0.25) is 0 Å². The number of furan rings is 1. The first-order valence-corrected chi connectivity index (χ1v) is 14.3. The van der Waals surface area contributed by atoms with Crippen molar-refractivity contribution in [2.45, 2.75) is 38.9 Å². The molecule has 0 spiro atoms. The van der Waals surface area contributed by atoms with Crippen LogP contribution in [0.3, 0.4) is 0 Å². The summed E-state index contributed by atoms with van der Waals surface area (Å²) in [6.45, 7) is 8.39. The quantitative estimate of drug-likeness (QED) is 0.211. The summed E-state index contributed by atoms with van der Waals surface area (Å²) >= 11 is 1.83. The molecule has 0 aliphatic carbocycles. The highest BCUT2D eigenvalue weighted by molar-refractivity contribution is 7.25. The SMILES string of the molecule is CC1(C)OB(c2ccc3sc4ccc(-c5ccc6ccc7c8ccccc8oc7c6c5)cc4c3c2)OC1(C)C. The van der Waals surface area contributed by atoms with Crippen molar-refractivity contribution in [1.82, 2.24) is 0 Å². The van der Waals surface area contributed by atoms with Gasteiger partial charge in [0.1, 0.15) is 11.2 Å². The Hall–Kier alpha value is -3.64. The number of fused-ring (bicyclic) bond motifs is 8. The minimum absolute atomic E-state index is 0.363. The van der Waals surface area contributed by atoms with Gasteiger partial charge in [-0.2, -0.15) is 0 Å². The van der Waals surface area contributed by atoms with Gasteiger partial charge >= 0.3 is 7.12 Å². The van der Waals surface area contributed by atoms with Crippen LogP contribution in [0.25, 0.3) is 64.0 Å². The lowest BCUT2D eigenvalue weighted by molar-refractivity contribution is 0.00578. The summed E-state index contributed by atoms with van der Waals surface area (Å²) < 4.78 is 21.6. The first-order chi connectivity index (χ1) is 18.8. The van der Waals surface area contributed by atoms with Crippen LogP contribution in [-0.2, 0) is 9.31 Å². The fourth-order valence-electron chi connectivity index (χ4n) is 5.78. The number of benzene rings is 5. The number of thiophene rings is 1. The third-order valence-corrected chi connectivity index (χ3v) is 9.87. The van der Waals surface area contributed by atoms with Crippen LogP contribution in [0.1, 0.15) is 27.7 Å². The lowest BCUT2D eigenvalue weighted by Crippen LogP contribution is -2.41. The Morgan fingerprint density at radius 2 is 1.23 bits per heavy atom. The van der Waals surface area contributed by atoms with Crippen LogP contribution in [0, 0.1) is 0 Å². The number of rotatable bonds is 2. The highest BCUT2D eigenvalue weighted by Gasteiger charge is 2.51. The maximum Gasteiger partial charge on any atom is 0.494 e. The molecule has 7 aromatic rings. The van der Waals surface area contributed by atoms with Gasteiger partial charge in [-0.25, -0.2) is 0 Å². The van der Waals surface area contributed by atoms with Crippen LogP contribution in [0.4, 0.5) is 0 Å². The van der Waals surface area contributed by atoms with Crippen molar-refractivity contribution in [3.63, 3.8) is 0 Å². The number of hydrogen-bond donors (Lipinski definition) is 0. The maximum absolute atomic E-state index is 6.35. The van der Waals surface area contributed by atoms with E-state index in [1.54, 1.807) is 0 Å². The lowest BCUT2D eigenvalue weighted by Gasteiger charge is -2.32. The van der Waals surface area contributed by atoms with Crippen LogP contribution in [-0.4, -0.2) is 18.3 Å². The maximum atomic E-state index is 6.35. The molecule has 1 aliphatic rings. The molecule has 0 N–H and O–H groups in total. The molecule has 3 nitrogen and oxygen atoms in total. The van der Waals surface area contributed by atoms with Crippen LogP contribution < -0.4 is 5.46 Å². The van der Waals surface area contributed by atoms with Crippen molar-refractivity contribution in [2.24, 2.45) is 0 Å². The summed E-state index contributed by atoms with van der Waals surface area (Å²) in [6, 6.07) is 32.7. The van der Waals surface area contributed by atoms with Gasteiger partial charge in [-0.05, 0) is 91.5 Å². The minimum Gasteiger partial charge on any atom is -0.455 e. The van der Waals surface area contributed by atoms with Gasteiger partial charge in [-0.3, -0.25) is 0 Å². The van der Waals surface area contributed by atoms with E-state index in [0.29, 0.717) is 0 Å². The summed E-state index contributed by atoms with van der Waals surface area (Å²) in [5.74, 6) is 0.